The van der Waals surface area contributed by atoms with E-state index in [1.807, 2.05) is 0 Å². The van der Waals surface area contributed by atoms with E-state index in [1.54, 1.807) is 0 Å². The van der Waals surface area contributed by atoms with Crippen molar-refractivity contribution in [2.75, 3.05) is 5.32 Å². The summed E-state index contributed by atoms with van der Waals surface area (Å²) < 4.78 is 0. The highest BCUT2D eigenvalue weighted by Crippen LogP contribution is 2.24. The number of nitrogens with one attached hydrogen (secondary N) is 1. The molecule has 0 spiro atoms. The number of benzene rings is 3. The van der Waals surface area contributed by atoms with Crippen LogP contribution in [0.2, 0.25) is 0 Å². The molecule has 0 atom stereocenters. The van der Waals surface area contributed by atoms with E-state index in [-0.39, 0.29) is 0 Å². The highest BCUT2D eigenvalue weighted by molar-refractivity contribution is 5.68. The monoisotopic (exact) mass is 301 g/mol. The first-order chi connectivity index (χ1) is 11.2. The van der Waals surface area contributed by atoms with Gasteiger partial charge in [0.2, 0.25) is 0 Å². The lowest BCUT2D eigenvalue weighted by Crippen LogP contribution is -1.90. The minimum Gasteiger partial charge on any atom is -0.356 e. The minimum absolute atomic E-state index is 1.11. The fourth-order valence-electron chi connectivity index (χ4n) is 2.70. The lowest BCUT2D eigenvalue weighted by Gasteiger charge is -2.09. The van der Waals surface area contributed by atoms with Crippen LogP contribution in [0.25, 0.3) is 11.1 Å². The van der Waals surface area contributed by atoms with E-state index in [2.05, 4.69) is 92.0 Å². The first kappa shape index (κ1) is 15.4. The van der Waals surface area contributed by atoms with E-state index in [9.17, 15) is 0 Å². The standard InChI is InChI=1S/C22H23N/c1-3-4-18-7-9-19(10-8-18)20-11-15-22(16-12-20)23-21-13-5-17(2)6-14-21/h5-16,23H,3-4H2,1-2H3. The Kier molecular flexibility index (Phi) is 4.77. The SMILES string of the molecule is CCCc1ccc(-c2ccc(Nc3ccc(C)cc3)cc2)cc1. The summed E-state index contributed by atoms with van der Waals surface area (Å²) in [7, 11) is 0. The van der Waals surface area contributed by atoms with Gasteiger partial charge in [-0.3, -0.25) is 0 Å². The van der Waals surface area contributed by atoms with Crippen LogP contribution in [0.15, 0.2) is 72.8 Å². The highest BCUT2D eigenvalue weighted by atomic mass is 14.9. The second-order valence-corrected chi connectivity index (χ2v) is 6.02. The molecule has 0 aliphatic heterocycles. The van der Waals surface area contributed by atoms with Crippen molar-refractivity contribution in [1.29, 1.82) is 0 Å². The molecule has 0 saturated heterocycles. The molecule has 0 aliphatic carbocycles. The number of hydrogen-bond acceptors (Lipinski definition) is 1. The molecule has 1 heteroatoms. The Morgan fingerprint density at radius 1 is 0.652 bits per heavy atom. The van der Waals surface area contributed by atoms with Gasteiger partial charge in [-0.05, 0) is 54.3 Å². The molecule has 116 valence electrons. The van der Waals surface area contributed by atoms with Crippen molar-refractivity contribution in [1.82, 2.24) is 0 Å². The van der Waals surface area contributed by atoms with E-state index in [4.69, 9.17) is 0 Å². The van der Waals surface area contributed by atoms with Crippen molar-refractivity contribution < 1.29 is 0 Å². The normalized spacial score (nSPS) is 10.5. The number of aryl methyl sites for hydroxylation is 2. The highest BCUT2D eigenvalue weighted by Gasteiger charge is 2.00. The third-order valence-electron chi connectivity index (χ3n) is 4.05. The van der Waals surface area contributed by atoms with Crippen molar-refractivity contribution in [2.45, 2.75) is 26.7 Å². The molecule has 0 aliphatic rings. The van der Waals surface area contributed by atoms with Crippen LogP contribution in [0.1, 0.15) is 24.5 Å². The molecular weight excluding hydrogens is 278 g/mol. The molecule has 0 amide bonds. The summed E-state index contributed by atoms with van der Waals surface area (Å²) in [4.78, 5) is 0. The lowest BCUT2D eigenvalue weighted by molar-refractivity contribution is 0.922. The maximum atomic E-state index is 3.44. The van der Waals surface area contributed by atoms with Crippen molar-refractivity contribution in [3.05, 3.63) is 83.9 Å². The molecule has 0 aromatic heterocycles. The van der Waals surface area contributed by atoms with Gasteiger partial charge in [-0.2, -0.15) is 0 Å². The molecule has 0 radical (unpaired) electrons. The Labute approximate surface area is 139 Å². The van der Waals surface area contributed by atoms with E-state index in [0.29, 0.717) is 0 Å². The van der Waals surface area contributed by atoms with Crippen molar-refractivity contribution in [3.8, 4) is 11.1 Å². The molecule has 0 fully saturated rings. The van der Waals surface area contributed by atoms with Crippen molar-refractivity contribution in [2.24, 2.45) is 0 Å². The van der Waals surface area contributed by atoms with Crippen LogP contribution in [0, 0.1) is 6.92 Å². The molecule has 1 N–H and O–H groups in total. The largest absolute Gasteiger partial charge is 0.356 e. The predicted molar refractivity (Wildman–Crippen MR) is 100 cm³/mol. The summed E-state index contributed by atoms with van der Waals surface area (Å²) in [5, 5.41) is 3.44. The summed E-state index contributed by atoms with van der Waals surface area (Å²) in [5.74, 6) is 0. The molecule has 23 heavy (non-hydrogen) atoms. The van der Waals surface area contributed by atoms with Crippen LogP contribution in [0.4, 0.5) is 11.4 Å². The van der Waals surface area contributed by atoms with Crippen LogP contribution in [0.3, 0.4) is 0 Å². The van der Waals surface area contributed by atoms with E-state index in [1.165, 1.54) is 28.7 Å². The third kappa shape index (κ3) is 4.01. The zero-order valence-corrected chi connectivity index (χ0v) is 13.8. The molecule has 1 nitrogen and oxygen atoms in total. The van der Waals surface area contributed by atoms with Gasteiger partial charge in [-0.15, -0.1) is 0 Å². The molecule has 0 bridgehead atoms. The smallest absolute Gasteiger partial charge is 0.0384 e. The summed E-state index contributed by atoms with van der Waals surface area (Å²) in [6.07, 6.45) is 2.35. The van der Waals surface area contributed by atoms with Gasteiger partial charge in [-0.1, -0.05) is 67.4 Å². The van der Waals surface area contributed by atoms with Crippen LogP contribution in [0.5, 0.6) is 0 Å². The average molecular weight is 301 g/mol. The van der Waals surface area contributed by atoms with Gasteiger partial charge in [0.15, 0.2) is 0 Å². The summed E-state index contributed by atoms with van der Waals surface area (Å²) in [6.45, 7) is 4.32. The van der Waals surface area contributed by atoms with E-state index >= 15 is 0 Å². The van der Waals surface area contributed by atoms with E-state index in [0.717, 1.165) is 17.8 Å². The molecular formula is C22H23N. The van der Waals surface area contributed by atoms with Crippen LogP contribution < -0.4 is 5.32 Å². The Morgan fingerprint density at radius 2 is 1.13 bits per heavy atom. The maximum absolute atomic E-state index is 3.44. The lowest BCUT2D eigenvalue weighted by atomic mass is 10.0. The first-order valence-electron chi connectivity index (χ1n) is 8.27. The van der Waals surface area contributed by atoms with Crippen LogP contribution in [-0.4, -0.2) is 0 Å². The molecule has 0 heterocycles. The zero-order valence-electron chi connectivity index (χ0n) is 13.8. The van der Waals surface area contributed by atoms with Gasteiger partial charge in [0, 0.05) is 11.4 Å². The second kappa shape index (κ2) is 7.15. The number of rotatable bonds is 5. The van der Waals surface area contributed by atoms with Crippen molar-refractivity contribution in [3.63, 3.8) is 0 Å². The Morgan fingerprint density at radius 3 is 1.65 bits per heavy atom. The van der Waals surface area contributed by atoms with Gasteiger partial charge in [0.05, 0.1) is 0 Å². The quantitative estimate of drug-likeness (QED) is 0.578. The van der Waals surface area contributed by atoms with Crippen molar-refractivity contribution >= 4 is 11.4 Å². The third-order valence-corrected chi connectivity index (χ3v) is 4.05. The summed E-state index contributed by atoms with van der Waals surface area (Å²) in [5.41, 5.74) is 7.44. The average Bonchev–Trinajstić information content (AvgIpc) is 2.59. The number of hydrogen-bond donors (Lipinski definition) is 1. The zero-order chi connectivity index (χ0) is 16.1. The fraction of sp³-hybridized carbons (Fsp3) is 0.182. The van der Waals surface area contributed by atoms with Crippen LogP contribution >= 0.6 is 0 Å². The predicted octanol–water partition coefficient (Wildman–Crippen LogP) is 6.36. The van der Waals surface area contributed by atoms with Gasteiger partial charge in [-0.25, -0.2) is 0 Å². The second-order valence-electron chi connectivity index (χ2n) is 6.02. The Balaban J connectivity index is 1.72. The van der Waals surface area contributed by atoms with Crippen LogP contribution in [-0.2, 0) is 6.42 Å². The number of anilines is 2. The van der Waals surface area contributed by atoms with Gasteiger partial charge in [0.25, 0.3) is 0 Å². The summed E-state index contributed by atoms with van der Waals surface area (Å²) in [6, 6.07) is 26.0. The molecule has 0 unspecified atom stereocenters. The summed E-state index contributed by atoms with van der Waals surface area (Å²) >= 11 is 0. The van der Waals surface area contributed by atoms with Gasteiger partial charge < -0.3 is 5.32 Å². The topological polar surface area (TPSA) is 12.0 Å². The maximum Gasteiger partial charge on any atom is 0.0384 e. The van der Waals surface area contributed by atoms with Gasteiger partial charge in [0.1, 0.15) is 0 Å². The molecule has 3 rings (SSSR count). The first-order valence-corrected chi connectivity index (χ1v) is 8.27. The van der Waals surface area contributed by atoms with E-state index < -0.39 is 0 Å². The fourth-order valence-corrected chi connectivity index (χ4v) is 2.70. The van der Waals surface area contributed by atoms with Gasteiger partial charge >= 0.3 is 0 Å². The minimum atomic E-state index is 1.11. The Bertz CT molecular complexity index is 737. The molecule has 0 saturated carbocycles. The Hall–Kier alpha value is -2.54. The molecule has 3 aromatic carbocycles. The molecule has 3 aromatic rings.